The summed E-state index contributed by atoms with van der Waals surface area (Å²) < 4.78 is 17.5. The summed E-state index contributed by atoms with van der Waals surface area (Å²) in [5.74, 6) is 1.09. The van der Waals surface area contributed by atoms with Gasteiger partial charge >= 0.3 is 5.97 Å². The second-order valence-electron chi connectivity index (χ2n) is 10.8. The number of nitrogens with one attached hydrogen (secondary N) is 1. The zero-order chi connectivity index (χ0) is 27.7. The maximum atomic E-state index is 13.7. The van der Waals surface area contributed by atoms with Crippen molar-refractivity contribution in [1.82, 2.24) is 10.2 Å². The van der Waals surface area contributed by atoms with Crippen LogP contribution in [0.4, 0.5) is 5.69 Å². The Morgan fingerprint density at radius 2 is 1.70 bits per heavy atom. The summed E-state index contributed by atoms with van der Waals surface area (Å²) in [6.07, 6.45) is 1.61. The van der Waals surface area contributed by atoms with Gasteiger partial charge in [-0.3, -0.25) is 14.5 Å². The van der Waals surface area contributed by atoms with Gasteiger partial charge < -0.3 is 24.4 Å². The average Bonchev–Trinajstić information content (AvgIpc) is 3.32. The molecule has 0 aromatic heterocycles. The normalized spacial score (nSPS) is 23.7. The Morgan fingerprint density at radius 3 is 2.38 bits per heavy atom. The molecule has 0 bridgehead atoms. The van der Waals surface area contributed by atoms with Crippen molar-refractivity contribution in [2.24, 2.45) is 0 Å². The van der Waals surface area contributed by atoms with Crippen LogP contribution >= 0.6 is 0 Å². The lowest BCUT2D eigenvalue weighted by molar-refractivity contribution is -0.148. The lowest BCUT2D eigenvalue weighted by Crippen LogP contribution is -2.58. The first-order valence-electron chi connectivity index (χ1n) is 13.8. The molecular weight excluding hydrogens is 506 g/mol. The second kappa shape index (κ2) is 10.5. The minimum atomic E-state index is -1.03. The van der Waals surface area contributed by atoms with Gasteiger partial charge in [-0.25, -0.2) is 0 Å². The fourth-order valence-electron chi connectivity index (χ4n) is 6.75. The first-order valence-corrected chi connectivity index (χ1v) is 13.8. The van der Waals surface area contributed by atoms with Crippen molar-refractivity contribution in [2.75, 3.05) is 45.4 Å². The molecule has 3 aliphatic heterocycles. The number of likely N-dealkylation sites (tertiary alicyclic amines) is 1. The summed E-state index contributed by atoms with van der Waals surface area (Å²) >= 11 is 0. The summed E-state index contributed by atoms with van der Waals surface area (Å²) in [6.45, 7) is 2.67. The van der Waals surface area contributed by atoms with E-state index in [0.29, 0.717) is 31.1 Å². The second-order valence-corrected chi connectivity index (χ2v) is 10.8. The molecule has 0 saturated carbocycles. The number of hydrogen-bond acceptors (Lipinski definition) is 7. The van der Waals surface area contributed by atoms with E-state index in [0.717, 1.165) is 42.7 Å². The van der Waals surface area contributed by atoms with Gasteiger partial charge in [0.25, 0.3) is 0 Å². The molecule has 3 aromatic rings. The van der Waals surface area contributed by atoms with Crippen molar-refractivity contribution in [2.45, 2.75) is 36.3 Å². The van der Waals surface area contributed by atoms with Crippen LogP contribution in [0.5, 0.6) is 11.5 Å². The highest BCUT2D eigenvalue weighted by Crippen LogP contribution is 2.48. The molecule has 208 valence electrons. The summed E-state index contributed by atoms with van der Waals surface area (Å²) in [5.41, 5.74) is 1.09. The highest BCUT2D eigenvalue weighted by atomic mass is 16.5. The van der Waals surface area contributed by atoms with E-state index < -0.39 is 11.0 Å². The fourth-order valence-corrected chi connectivity index (χ4v) is 6.75. The van der Waals surface area contributed by atoms with Crippen LogP contribution < -0.4 is 19.7 Å². The minimum Gasteiger partial charge on any atom is -0.497 e. The van der Waals surface area contributed by atoms with Crippen molar-refractivity contribution < 1.29 is 23.8 Å². The van der Waals surface area contributed by atoms with Gasteiger partial charge in [0.1, 0.15) is 28.6 Å². The number of fused-ring (bicyclic) bond motifs is 1. The third-order valence-corrected chi connectivity index (χ3v) is 8.82. The number of carbonyl (C=O) groups excluding carboxylic acids is 2. The van der Waals surface area contributed by atoms with E-state index in [-0.39, 0.29) is 18.0 Å². The van der Waals surface area contributed by atoms with E-state index in [4.69, 9.17) is 14.2 Å². The molecule has 6 rings (SSSR count). The Balaban J connectivity index is 1.27. The van der Waals surface area contributed by atoms with Crippen molar-refractivity contribution in [3.8, 4) is 11.5 Å². The van der Waals surface area contributed by atoms with E-state index in [1.807, 2.05) is 66.7 Å². The van der Waals surface area contributed by atoms with Crippen molar-refractivity contribution in [3.05, 3.63) is 90.0 Å². The Kier molecular flexibility index (Phi) is 6.88. The molecule has 2 saturated heterocycles. The van der Waals surface area contributed by atoms with Crippen molar-refractivity contribution in [1.29, 1.82) is 0 Å². The predicted molar refractivity (Wildman–Crippen MR) is 152 cm³/mol. The van der Waals surface area contributed by atoms with Gasteiger partial charge in [-0.05, 0) is 48.7 Å². The summed E-state index contributed by atoms with van der Waals surface area (Å²) in [5, 5.41) is 3.08. The van der Waals surface area contributed by atoms with Gasteiger partial charge in [0.2, 0.25) is 5.91 Å². The molecule has 1 amide bonds. The van der Waals surface area contributed by atoms with E-state index in [1.165, 1.54) is 7.11 Å². The largest absolute Gasteiger partial charge is 0.497 e. The highest BCUT2D eigenvalue weighted by Gasteiger charge is 2.53. The quantitative estimate of drug-likeness (QED) is 0.477. The number of nitrogens with zero attached hydrogens (tertiary/aromatic N) is 2. The van der Waals surface area contributed by atoms with Crippen molar-refractivity contribution in [3.63, 3.8) is 0 Å². The van der Waals surface area contributed by atoms with Crippen LogP contribution in [0.25, 0.3) is 0 Å². The molecule has 3 aromatic carbocycles. The third kappa shape index (κ3) is 4.27. The third-order valence-electron chi connectivity index (χ3n) is 8.82. The fraction of sp³-hybridized carbons (Fsp3) is 0.375. The maximum absolute atomic E-state index is 13.7. The highest BCUT2D eigenvalue weighted by molar-refractivity contribution is 5.93. The standard InChI is InChI=1S/C32H35N3O5/c1-38-25-13-14-28-27(19-25)32(30(37)39-2,23-9-5-3-6-10-23)20-26(40-28)21-34-17-15-31(16-18-34)29(36)33-22-35(31)24-11-7-4-8-12-24/h3-14,19,26H,15-18,20-22H2,1-2H3,(H,33,36)/t26-,32-/m0/s1. The Hall–Kier alpha value is -4.04. The number of benzene rings is 3. The number of methoxy groups -OCH3 is 2. The van der Waals surface area contributed by atoms with E-state index >= 15 is 0 Å². The molecule has 40 heavy (non-hydrogen) atoms. The van der Waals surface area contributed by atoms with Gasteiger partial charge in [0.05, 0.1) is 20.9 Å². The molecule has 2 atom stereocenters. The molecule has 3 aliphatic rings. The van der Waals surface area contributed by atoms with E-state index in [1.54, 1.807) is 7.11 Å². The van der Waals surface area contributed by atoms with Crippen LogP contribution in [0, 0.1) is 0 Å². The minimum absolute atomic E-state index is 0.0987. The van der Waals surface area contributed by atoms with E-state index in [2.05, 4.69) is 27.2 Å². The SMILES string of the molecule is COC(=O)[C@]1(c2ccccc2)C[C@@H](CN2CCC3(CC2)C(=O)NCN3c2ccccc2)Oc2ccc(OC)cc21. The monoisotopic (exact) mass is 541 g/mol. The first kappa shape index (κ1) is 26.2. The number of piperidine rings is 1. The van der Waals surface area contributed by atoms with Gasteiger partial charge in [-0.1, -0.05) is 48.5 Å². The molecule has 1 N–H and O–H groups in total. The zero-order valence-electron chi connectivity index (χ0n) is 23.0. The molecule has 0 radical (unpaired) electrons. The number of anilines is 1. The lowest BCUT2D eigenvalue weighted by atomic mass is 9.68. The molecule has 0 aliphatic carbocycles. The molecule has 1 spiro atoms. The topological polar surface area (TPSA) is 80.3 Å². The molecule has 3 heterocycles. The number of amides is 1. The number of rotatable bonds is 6. The van der Waals surface area contributed by atoms with Crippen LogP contribution in [0.15, 0.2) is 78.9 Å². The predicted octanol–water partition coefficient (Wildman–Crippen LogP) is 3.73. The number of esters is 1. The van der Waals surface area contributed by atoms with Crippen LogP contribution in [0.3, 0.4) is 0 Å². The van der Waals surface area contributed by atoms with Crippen LogP contribution in [0.1, 0.15) is 30.4 Å². The van der Waals surface area contributed by atoms with Gasteiger partial charge in [-0.15, -0.1) is 0 Å². The molecular formula is C32H35N3O5. The summed E-state index contributed by atoms with van der Waals surface area (Å²) in [7, 11) is 3.05. The number of ether oxygens (including phenoxy) is 3. The van der Waals surface area contributed by atoms with Crippen LogP contribution in [-0.4, -0.2) is 68.9 Å². The van der Waals surface area contributed by atoms with Crippen molar-refractivity contribution >= 4 is 17.6 Å². The smallest absolute Gasteiger partial charge is 0.321 e. The number of carbonyl (C=O) groups is 2. The van der Waals surface area contributed by atoms with Gasteiger partial charge in [0, 0.05) is 37.3 Å². The Labute approximate surface area is 234 Å². The van der Waals surface area contributed by atoms with Crippen LogP contribution in [-0.2, 0) is 19.7 Å². The number of para-hydroxylation sites is 1. The number of hydrogen-bond donors (Lipinski definition) is 1. The molecule has 8 heteroatoms. The maximum Gasteiger partial charge on any atom is 0.321 e. The molecule has 0 unspecified atom stereocenters. The molecule has 2 fully saturated rings. The van der Waals surface area contributed by atoms with Crippen LogP contribution in [0.2, 0.25) is 0 Å². The first-order chi connectivity index (χ1) is 19.5. The summed E-state index contributed by atoms with van der Waals surface area (Å²) in [4.78, 5) is 31.4. The zero-order valence-corrected chi connectivity index (χ0v) is 23.0. The Morgan fingerprint density at radius 1 is 1.00 bits per heavy atom. The lowest BCUT2D eigenvalue weighted by Gasteiger charge is -2.45. The summed E-state index contributed by atoms with van der Waals surface area (Å²) in [6, 6.07) is 25.5. The molecule has 8 nitrogen and oxygen atoms in total. The van der Waals surface area contributed by atoms with Gasteiger partial charge in [-0.2, -0.15) is 0 Å². The Bertz CT molecular complexity index is 1370. The average molecular weight is 542 g/mol. The van der Waals surface area contributed by atoms with E-state index in [9.17, 15) is 9.59 Å². The van der Waals surface area contributed by atoms with Gasteiger partial charge in [0.15, 0.2) is 0 Å².